The molecule has 0 amide bonds. The summed E-state index contributed by atoms with van der Waals surface area (Å²) >= 11 is 0. The highest BCUT2D eigenvalue weighted by Gasteiger charge is 2.38. The zero-order valence-corrected chi connectivity index (χ0v) is 11.3. The van der Waals surface area contributed by atoms with Crippen molar-refractivity contribution in [2.75, 3.05) is 19.8 Å². The Labute approximate surface area is 112 Å². The Morgan fingerprint density at radius 1 is 1.16 bits per heavy atom. The van der Waals surface area contributed by atoms with Crippen molar-refractivity contribution in [2.24, 2.45) is 0 Å². The van der Waals surface area contributed by atoms with E-state index in [0.29, 0.717) is 13.0 Å². The number of phenolic OH excluding ortho intramolecular Hbond substituents is 2. The minimum atomic E-state index is -0.422. The number of phenols is 2. The number of fused-ring (bicyclic) bond motifs is 1. The molecule has 1 aromatic carbocycles. The summed E-state index contributed by atoms with van der Waals surface area (Å²) in [5, 5.41) is 38.0. The van der Waals surface area contributed by atoms with Crippen LogP contribution in [0.5, 0.6) is 11.5 Å². The van der Waals surface area contributed by atoms with Crippen LogP contribution in [-0.2, 0) is 12.0 Å². The standard InChI is InChI=1S/C14H21NO4/c1-14(2)11-6-13(19)12(18)5-9(11)3-4-15(14)10(7-16)8-17/h5-6,10,16-19H,3-4,7-8H2,1-2H3. The van der Waals surface area contributed by atoms with Crippen LogP contribution in [0.15, 0.2) is 12.1 Å². The average Bonchev–Trinajstić information content (AvgIpc) is 2.36. The van der Waals surface area contributed by atoms with Crippen LogP contribution in [0.25, 0.3) is 0 Å². The lowest BCUT2D eigenvalue weighted by Crippen LogP contribution is -2.54. The Bertz CT molecular complexity index is 469. The van der Waals surface area contributed by atoms with E-state index in [9.17, 15) is 20.4 Å². The third-order valence-corrected chi connectivity index (χ3v) is 4.06. The first-order valence-electron chi connectivity index (χ1n) is 6.45. The summed E-state index contributed by atoms with van der Waals surface area (Å²) in [7, 11) is 0. The number of aliphatic hydroxyl groups is 2. The smallest absolute Gasteiger partial charge is 0.157 e. The van der Waals surface area contributed by atoms with Gasteiger partial charge < -0.3 is 20.4 Å². The molecule has 0 atom stereocenters. The monoisotopic (exact) mass is 267 g/mol. The number of aliphatic hydroxyl groups excluding tert-OH is 2. The molecule has 106 valence electrons. The van der Waals surface area contributed by atoms with Gasteiger partial charge in [0.15, 0.2) is 11.5 Å². The maximum absolute atomic E-state index is 9.68. The van der Waals surface area contributed by atoms with E-state index in [2.05, 4.69) is 0 Å². The van der Waals surface area contributed by atoms with E-state index in [0.717, 1.165) is 11.1 Å². The van der Waals surface area contributed by atoms with Gasteiger partial charge in [0, 0.05) is 12.1 Å². The zero-order valence-electron chi connectivity index (χ0n) is 11.3. The van der Waals surface area contributed by atoms with Gasteiger partial charge >= 0.3 is 0 Å². The molecule has 0 saturated carbocycles. The van der Waals surface area contributed by atoms with E-state index >= 15 is 0 Å². The summed E-state index contributed by atoms with van der Waals surface area (Å²) in [5.74, 6) is -0.248. The topological polar surface area (TPSA) is 84.2 Å². The number of aromatic hydroxyl groups is 2. The molecule has 0 aromatic heterocycles. The van der Waals surface area contributed by atoms with E-state index in [-0.39, 0.29) is 30.8 Å². The van der Waals surface area contributed by atoms with Crippen LogP contribution in [0.1, 0.15) is 25.0 Å². The Hall–Kier alpha value is -1.30. The molecule has 5 heteroatoms. The lowest BCUT2D eigenvalue weighted by Gasteiger charge is -2.47. The molecule has 1 aromatic rings. The second-order valence-corrected chi connectivity index (χ2v) is 5.52. The van der Waals surface area contributed by atoms with Gasteiger partial charge in [-0.3, -0.25) is 4.90 Å². The maximum atomic E-state index is 9.68. The summed E-state index contributed by atoms with van der Waals surface area (Å²) in [4.78, 5) is 2.03. The van der Waals surface area contributed by atoms with Crippen LogP contribution in [0, 0.1) is 0 Å². The molecule has 0 bridgehead atoms. The quantitative estimate of drug-likeness (QED) is 0.601. The number of nitrogens with zero attached hydrogens (tertiary/aromatic N) is 1. The minimum absolute atomic E-state index is 0.108. The number of hydrogen-bond acceptors (Lipinski definition) is 5. The van der Waals surface area contributed by atoms with Crippen molar-refractivity contribution in [3.8, 4) is 11.5 Å². The predicted octanol–water partition coefficient (Wildman–Crippen LogP) is 0.544. The second-order valence-electron chi connectivity index (χ2n) is 5.52. The summed E-state index contributed by atoms with van der Waals surface area (Å²) in [6.45, 7) is 4.44. The van der Waals surface area contributed by atoms with Crippen LogP contribution in [0.4, 0.5) is 0 Å². The molecule has 1 heterocycles. The molecule has 0 saturated heterocycles. The van der Waals surface area contributed by atoms with Crippen molar-refractivity contribution in [1.29, 1.82) is 0 Å². The van der Waals surface area contributed by atoms with Gasteiger partial charge in [-0.15, -0.1) is 0 Å². The summed E-state index contributed by atoms with van der Waals surface area (Å²) in [6, 6.07) is 2.85. The second kappa shape index (κ2) is 5.00. The fraction of sp³-hybridized carbons (Fsp3) is 0.571. The van der Waals surface area contributed by atoms with Crippen LogP contribution < -0.4 is 0 Å². The Morgan fingerprint density at radius 2 is 1.74 bits per heavy atom. The van der Waals surface area contributed by atoms with Crippen LogP contribution >= 0.6 is 0 Å². The van der Waals surface area contributed by atoms with Gasteiger partial charge in [0.1, 0.15) is 0 Å². The number of rotatable bonds is 3. The predicted molar refractivity (Wildman–Crippen MR) is 71.2 cm³/mol. The van der Waals surface area contributed by atoms with E-state index in [4.69, 9.17) is 0 Å². The third kappa shape index (κ3) is 2.29. The minimum Gasteiger partial charge on any atom is -0.504 e. The van der Waals surface area contributed by atoms with E-state index in [1.165, 1.54) is 0 Å². The van der Waals surface area contributed by atoms with Crippen molar-refractivity contribution < 1.29 is 20.4 Å². The summed E-state index contributed by atoms with van der Waals surface area (Å²) < 4.78 is 0. The largest absolute Gasteiger partial charge is 0.504 e. The number of benzene rings is 1. The van der Waals surface area contributed by atoms with E-state index < -0.39 is 5.54 Å². The van der Waals surface area contributed by atoms with Gasteiger partial charge in [-0.25, -0.2) is 0 Å². The van der Waals surface area contributed by atoms with Gasteiger partial charge in [0.05, 0.1) is 19.3 Å². The van der Waals surface area contributed by atoms with Gasteiger partial charge in [0.2, 0.25) is 0 Å². The SMILES string of the molecule is CC1(C)c2cc(O)c(O)cc2CCN1C(CO)CO. The molecule has 19 heavy (non-hydrogen) atoms. The molecule has 0 spiro atoms. The van der Waals surface area contributed by atoms with Crippen molar-refractivity contribution in [2.45, 2.75) is 31.8 Å². The molecular weight excluding hydrogens is 246 g/mol. The van der Waals surface area contributed by atoms with Gasteiger partial charge in [-0.05, 0) is 43.5 Å². The molecule has 5 nitrogen and oxygen atoms in total. The first-order valence-corrected chi connectivity index (χ1v) is 6.45. The molecule has 2 rings (SSSR count). The molecular formula is C14H21NO4. The molecule has 4 N–H and O–H groups in total. The molecule has 0 unspecified atom stereocenters. The summed E-state index contributed by atoms with van der Waals surface area (Å²) in [5.41, 5.74) is 1.49. The first kappa shape index (κ1) is 14.1. The highest BCUT2D eigenvalue weighted by atomic mass is 16.3. The van der Waals surface area contributed by atoms with Gasteiger partial charge in [-0.2, -0.15) is 0 Å². The molecule has 1 aliphatic rings. The zero-order chi connectivity index (χ0) is 14.2. The maximum Gasteiger partial charge on any atom is 0.157 e. The number of hydrogen-bond donors (Lipinski definition) is 4. The highest BCUT2D eigenvalue weighted by Crippen LogP contribution is 2.40. The highest BCUT2D eigenvalue weighted by molar-refractivity contribution is 5.49. The van der Waals surface area contributed by atoms with E-state index in [1.807, 2.05) is 18.7 Å². The molecule has 0 fully saturated rings. The Kier molecular flexibility index (Phi) is 3.71. The fourth-order valence-corrected chi connectivity index (χ4v) is 2.97. The van der Waals surface area contributed by atoms with Crippen molar-refractivity contribution in [3.63, 3.8) is 0 Å². The van der Waals surface area contributed by atoms with Gasteiger partial charge in [-0.1, -0.05) is 0 Å². The van der Waals surface area contributed by atoms with Crippen LogP contribution in [-0.4, -0.2) is 51.1 Å². The lowest BCUT2D eigenvalue weighted by atomic mass is 9.82. The first-order chi connectivity index (χ1) is 8.91. The van der Waals surface area contributed by atoms with Crippen LogP contribution in [0.2, 0.25) is 0 Å². The molecule has 0 aliphatic carbocycles. The fourth-order valence-electron chi connectivity index (χ4n) is 2.97. The Balaban J connectivity index is 2.45. The van der Waals surface area contributed by atoms with Gasteiger partial charge in [0.25, 0.3) is 0 Å². The third-order valence-electron chi connectivity index (χ3n) is 4.06. The van der Waals surface area contributed by atoms with Crippen molar-refractivity contribution >= 4 is 0 Å². The molecule has 0 radical (unpaired) electrons. The molecule has 1 aliphatic heterocycles. The average molecular weight is 267 g/mol. The summed E-state index contributed by atoms with van der Waals surface area (Å²) in [6.07, 6.45) is 0.711. The van der Waals surface area contributed by atoms with Crippen molar-refractivity contribution in [1.82, 2.24) is 4.90 Å². The van der Waals surface area contributed by atoms with Crippen LogP contribution in [0.3, 0.4) is 0 Å². The Morgan fingerprint density at radius 3 is 2.32 bits per heavy atom. The normalized spacial score (nSPS) is 18.6. The van der Waals surface area contributed by atoms with Crippen molar-refractivity contribution in [3.05, 3.63) is 23.3 Å². The van der Waals surface area contributed by atoms with E-state index in [1.54, 1.807) is 12.1 Å². The lowest BCUT2D eigenvalue weighted by molar-refractivity contribution is -0.00137.